The van der Waals surface area contributed by atoms with Crippen molar-refractivity contribution in [2.45, 2.75) is 0 Å². The van der Waals surface area contributed by atoms with Gasteiger partial charge in [0.25, 0.3) is 0 Å². The van der Waals surface area contributed by atoms with Gasteiger partial charge in [0, 0.05) is 18.2 Å². The predicted octanol–water partition coefficient (Wildman–Crippen LogP) is 1.53. The lowest BCUT2D eigenvalue weighted by Gasteiger charge is -2.05. The Balaban J connectivity index is 2.30. The topological polar surface area (TPSA) is 83.2 Å². The lowest BCUT2D eigenvalue weighted by molar-refractivity contribution is 0.359. The van der Waals surface area contributed by atoms with Crippen molar-refractivity contribution in [3.05, 3.63) is 29.8 Å². The van der Waals surface area contributed by atoms with Crippen LogP contribution in [0.3, 0.4) is 0 Å². The van der Waals surface area contributed by atoms with Gasteiger partial charge in [0.15, 0.2) is 0 Å². The van der Waals surface area contributed by atoms with Crippen LogP contribution in [0.1, 0.15) is 0 Å². The fraction of sp³-hybridized carbons (Fsp3) is 0.100. The summed E-state index contributed by atoms with van der Waals surface area (Å²) in [6.45, 7) is 0. The maximum absolute atomic E-state index is 12.9. The van der Waals surface area contributed by atoms with Crippen molar-refractivity contribution in [2.24, 2.45) is 0 Å². The van der Waals surface area contributed by atoms with Crippen molar-refractivity contribution in [1.82, 2.24) is 15.0 Å². The van der Waals surface area contributed by atoms with Crippen LogP contribution in [0.5, 0.6) is 17.8 Å². The van der Waals surface area contributed by atoms with E-state index < -0.39 is 11.6 Å². The summed E-state index contributed by atoms with van der Waals surface area (Å²) in [5.41, 5.74) is 5.38. The number of anilines is 1. The summed E-state index contributed by atoms with van der Waals surface area (Å²) in [5.74, 6) is -1.79. The molecule has 1 heterocycles. The van der Waals surface area contributed by atoms with E-state index in [1.165, 1.54) is 7.11 Å². The van der Waals surface area contributed by atoms with E-state index in [4.69, 9.17) is 15.2 Å². The number of hydrogen-bond donors (Lipinski definition) is 1. The number of benzene rings is 1. The molecule has 1 aromatic heterocycles. The molecule has 2 aromatic rings. The van der Waals surface area contributed by atoms with Crippen molar-refractivity contribution >= 4 is 5.95 Å². The molecule has 2 N–H and O–H groups in total. The van der Waals surface area contributed by atoms with Gasteiger partial charge in [0.05, 0.1) is 7.11 Å². The Hall–Kier alpha value is -2.51. The predicted molar refractivity (Wildman–Crippen MR) is 57.2 cm³/mol. The number of nitrogens with zero attached hydrogens (tertiary/aromatic N) is 3. The van der Waals surface area contributed by atoms with E-state index in [1.807, 2.05) is 0 Å². The summed E-state index contributed by atoms with van der Waals surface area (Å²) in [6, 6.07) is 2.40. The van der Waals surface area contributed by atoms with Crippen LogP contribution in [0.15, 0.2) is 18.2 Å². The molecule has 0 fully saturated rings. The Bertz CT molecular complexity index is 560. The Labute approximate surface area is 100 Å². The molecule has 0 atom stereocenters. The lowest BCUT2D eigenvalue weighted by Crippen LogP contribution is -2.03. The summed E-state index contributed by atoms with van der Waals surface area (Å²) >= 11 is 0. The molecule has 0 aliphatic heterocycles. The first-order valence-electron chi connectivity index (χ1n) is 4.76. The zero-order valence-corrected chi connectivity index (χ0v) is 9.22. The van der Waals surface area contributed by atoms with Crippen molar-refractivity contribution < 1.29 is 18.3 Å². The molecular formula is C10H8F2N4O2. The lowest BCUT2D eigenvalue weighted by atomic mass is 10.3. The number of rotatable bonds is 3. The molecule has 2 rings (SSSR count). The van der Waals surface area contributed by atoms with E-state index >= 15 is 0 Å². The van der Waals surface area contributed by atoms with E-state index in [2.05, 4.69) is 15.0 Å². The summed E-state index contributed by atoms with van der Waals surface area (Å²) in [7, 11) is 1.33. The third-order valence-corrected chi connectivity index (χ3v) is 1.84. The molecule has 0 saturated heterocycles. The molecule has 0 spiro atoms. The van der Waals surface area contributed by atoms with Gasteiger partial charge in [-0.1, -0.05) is 0 Å². The van der Waals surface area contributed by atoms with Crippen LogP contribution in [-0.4, -0.2) is 22.1 Å². The molecule has 0 amide bonds. The van der Waals surface area contributed by atoms with E-state index in [1.54, 1.807) is 0 Å². The first kappa shape index (κ1) is 12.0. The van der Waals surface area contributed by atoms with Gasteiger partial charge >= 0.3 is 12.0 Å². The summed E-state index contributed by atoms with van der Waals surface area (Å²) in [6.07, 6.45) is 0. The zero-order valence-electron chi connectivity index (χ0n) is 9.22. The molecular weight excluding hydrogens is 246 g/mol. The quantitative estimate of drug-likeness (QED) is 0.894. The standard InChI is InChI=1S/C10H8F2N4O2/c1-17-9-14-8(13)15-10(16-9)18-7-3-5(11)2-6(12)4-7/h2-4H,1H3,(H2,13,14,15,16). The number of nitrogen functional groups attached to an aromatic ring is 1. The van der Waals surface area contributed by atoms with Gasteiger partial charge in [-0.25, -0.2) is 8.78 Å². The highest BCUT2D eigenvalue weighted by atomic mass is 19.1. The summed E-state index contributed by atoms with van der Waals surface area (Å²) in [4.78, 5) is 11.0. The molecule has 0 radical (unpaired) electrons. The number of aromatic nitrogens is 3. The highest BCUT2D eigenvalue weighted by molar-refractivity contribution is 5.28. The second-order valence-corrected chi connectivity index (χ2v) is 3.17. The Morgan fingerprint density at radius 2 is 1.61 bits per heavy atom. The second kappa shape index (κ2) is 4.78. The van der Waals surface area contributed by atoms with Gasteiger partial charge in [-0.15, -0.1) is 4.98 Å². The Morgan fingerprint density at radius 3 is 2.22 bits per heavy atom. The fourth-order valence-corrected chi connectivity index (χ4v) is 1.18. The second-order valence-electron chi connectivity index (χ2n) is 3.17. The summed E-state index contributed by atoms with van der Waals surface area (Å²) in [5, 5.41) is 0. The van der Waals surface area contributed by atoms with E-state index in [-0.39, 0.29) is 23.7 Å². The van der Waals surface area contributed by atoms with Gasteiger partial charge in [-0.3, -0.25) is 0 Å². The smallest absolute Gasteiger partial charge is 0.330 e. The number of ether oxygens (including phenoxy) is 2. The van der Waals surface area contributed by atoms with E-state index in [0.717, 1.165) is 18.2 Å². The maximum atomic E-state index is 12.9. The highest BCUT2D eigenvalue weighted by Gasteiger charge is 2.08. The van der Waals surface area contributed by atoms with E-state index in [9.17, 15) is 8.78 Å². The van der Waals surface area contributed by atoms with E-state index in [0.29, 0.717) is 0 Å². The maximum Gasteiger partial charge on any atom is 0.330 e. The number of nitrogens with two attached hydrogens (primary N) is 1. The highest BCUT2D eigenvalue weighted by Crippen LogP contribution is 2.21. The van der Waals surface area contributed by atoms with Gasteiger partial charge in [0.2, 0.25) is 5.95 Å². The third-order valence-electron chi connectivity index (χ3n) is 1.84. The Morgan fingerprint density at radius 1 is 1.00 bits per heavy atom. The third kappa shape index (κ3) is 2.78. The number of hydrogen-bond acceptors (Lipinski definition) is 6. The van der Waals surface area contributed by atoms with Crippen molar-refractivity contribution in [1.29, 1.82) is 0 Å². The molecule has 94 valence electrons. The van der Waals surface area contributed by atoms with Gasteiger partial charge in [0.1, 0.15) is 17.4 Å². The molecule has 8 heteroatoms. The van der Waals surface area contributed by atoms with Crippen LogP contribution in [0, 0.1) is 11.6 Å². The fourth-order valence-electron chi connectivity index (χ4n) is 1.18. The molecule has 0 aliphatic rings. The summed E-state index contributed by atoms with van der Waals surface area (Å²) < 4.78 is 35.7. The van der Waals surface area contributed by atoms with Crippen LogP contribution in [0.4, 0.5) is 14.7 Å². The SMILES string of the molecule is COc1nc(N)nc(Oc2cc(F)cc(F)c2)n1. The van der Waals surface area contributed by atoms with Crippen molar-refractivity contribution in [2.75, 3.05) is 12.8 Å². The van der Waals surface area contributed by atoms with Crippen molar-refractivity contribution in [3.8, 4) is 17.8 Å². The molecule has 0 unspecified atom stereocenters. The van der Waals surface area contributed by atoms with Crippen LogP contribution >= 0.6 is 0 Å². The van der Waals surface area contributed by atoms with Gasteiger partial charge in [-0.2, -0.15) is 9.97 Å². The molecule has 0 saturated carbocycles. The minimum atomic E-state index is -0.779. The molecule has 0 bridgehead atoms. The largest absolute Gasteiger partial charge is 0.467 e. The molecule has 18 heavy (non-hydrogen) atoms. The monoisotopic (exact) mass is 254 g/mol. The number of halogens is 2. The average Bonchev–Trinajstić information content (AvgIpc) is 2.26. The normalized spacial score (nSPS) is 10.2. The zero-order chi connectivity index (χ0) is 13.1. The molecule has 6 nitrogen and oxygen atoms in total. The average molecular weight is 254 g/mol. The molecule has 1 aromatic carbocycles. The van der Waals surface area contributed by atoms with Crippen LogP contribution in [-0.2, 0) is 0 Å². The first-order valence-corrected chi connectivity index (χ1v) is 4.76. The minimum absolute atomic E-state index is 0.0608. The van der Waals surface area contributed by atoms with Crippen LogP contribution < -0.4 is 15.2 Å². The van der Waals surface area contributed by atoms with Crippen LogP contribution in [0.2, 0.25) is 0 Å². The van der Waals surface area contributed by atoms with Gasteiger partial charge in [-0.05, 0) is 0 Å². The first-order chi connectivity index (χ1) is 8.56. The minimum Gasteiger partial charge on any atom is -0.467 e. The Kier molecular flexibility index (Phi) is 3.18. The van der Waals surface area contributed by atoms with Gasteiger partial charge < -0.3 is 15.2 Å². The number of methoxy groups -OCH3 is 1. The molecule has 0 aliphatic carbocycles. The van der Waals surface area contributed by atoms with Crippen LogP contribution in [0.25, 0.3) is 0 Å². The van der Waals surface area contributed by atoms with Crippen molar-refractivity contribution in [3.63, 3.8) is 0 Å².